The number of hydrogen-bond acceptors (Lipinski definition) is 4. The van der Waals surface area contributed by atoms with E-state index in [2.05, 4.69) is 31.3 Å². The molecule has 0 spiro atoms. The first-order valence-corrected chi connectivity index (χ1v) is 8.78. The molecule has 5 heteroatoms. The monoisotopic (exact) mass is 357 g/mol. The number of nitrogens with one attached hydrogen (secondary N) is 1. The van der Waals surface area contributed by atoms with Gasteiger partial charge in [-0.3, -0.25) is 4.79 Å². The number of anilines is 1. The molecule has 0 heterocycles. The third-order valence-electron chi connectivity index (χ3n) is 4.03. The maximum absolute atomic E-state index is 12.1. The molecule has 0 radical (unpaired) electrons. The molecule has 0 aliphatic rings. The molecular formula is C21H27NO4. The minimum Gasteiger partial charge on any atom is -0.494 e. The van der Waals surface area contributed by atoms with Crippen molar-refractivity contribution in [2.45, 2.75) is 32.6 Å². The van der Waals surface area contributed by atoms with Crippen LogP contribution in [0, 0.1) is 0 Å². The van der Waals surface area contributed by atoms with Crippen LogP contribution in [-0.2, 0) is 4.79 Å². The summed E-state index contributed by atoms with van der Waals surface area (Å²) in [5.41, 5.74) is 1.96. The molecule has 26 heavy (non-hydrogen) atoms. The highest BCUT2D eigenvalue weighted by Gasteiger charge is 2.07. The van der Waals surface area contributed by atoms with Gasteiger partial charge in [0.15, 0.2) is 11.5 Å². The molecule has 2 aromatic carbocycles. The highest BCUT2D eigenvalue weighted by molar-refractivity contribution is 5.91. The molecule has 0 fully saturated rings. The molecule has 0 aliphatic carbocycles. The van der Waals surface area contributed by atoms with Gasteiger partial charge in [0.05, 0.1) is 20.8 Å². The van der Waals surface area contributed by atoms with Gasteiger partial charge in [0, 0.05) is 18.2 Å². The molecule has 2 rings (SSSR count). The fourth-order valence-electron chi connectivity index (χ4n) is 2.51. The molecule has 0 aliphatic heterocycles. The first-order valence-electron chi connectivity index (χ1n) is 8.78. The average Bonchev–Trinajstić information content (AvgIpc) is 2.65. The summed E-state index contributed by atoms with van der Waals surface area (Å²) < 4.78 is 16.1. The van der Waals surface area contributed by atoms with Crippen LogP contribution in [0.2, 0.25) is 0 Å². The van der Waals surface area contributed by atoms with Gasteiger partial charge < -0.3 is 19.5 Å². The first kappa shape index (κ1) is 19.6. The van der Waals surface area contributed by atoms with Crippen LogP contribution in [0.15, 0.2) is 42.5 Å². The molecule has 0 aromatic heterocycles. The second kappa shape index (κ2) is 9.70. The molecule has 1 amide bonds. The largest absolute Gasteiger partial charge is 0.494 e. The number of rotatable bonds is 9. The van der Waals surface area contributed by atoms with E-state index < -0.39 is 0 Å². The molecule has 0 atom stereocenters. The molecule has 5 nitrogen and oxygen atoms in total. The van der Waals surface area contributed by atoms with Gasteiger partial charge in [-0.05, 0) is 42.2 Å². The lowest BCUT2D eigenvalue weighted by Gasteiger charge is -2.11. The summed E-state index contributed by atoms with van der Waals surface area (Å²) in [5.74, 6) is 2.48. The van der Waals surface area contributed by atoms with Crippen molar-refractivity contribution in [3.05, 3.63) is 48.0 Å². The zero-order chi connectivity index (χ0) is 18.9. The first-order chi connectivity index (χ1) is 12.5. The van der Waals surface area contributed by atoms with E-state index in [4.69, 9.17) is 14.2 Å². The van der Waals surface area contributed by atoms with E-state index in [9.17, 15) is 4.79 Å². The fourth-order valence-corrected chi connectivity index (χ4v) is 2.51. The van der Waals surface area contributed by atoms with Crippen molar-refractivity contribution in [2.75, 3.05) is 26.1 Å². The SMILES string of the molecule is COc1ccc(NC(=O)CCCOc2ccc(C(C)C)cc2)cc1OC. The van der Waals surface area contributed by atoms with Crippen molar-refractivity contribution in [2.24, 2.45) is 0 Å². The zero-order valence-electron chi connectivity index (χ0n) is 15.9. The van der Waals surface area contributed by atoms with E-state index in [0.29, 0.717) is 42.6 Å². The Kier molecular flexibility index (Phi) is 7.33. The van der Waals surface area contributed by atoms with Gasteiger partial charge in [0.1, 0.15) is 5.75 Å². The molecule has 140 valence electrons. The molecule has 1 N–H and O–H groups in total. The van der Waals surface area contributed by atoms with E-state index in [1.165, 1.54) is 5.56 Å². The van der Waals surface area contributed by atoms with E-state index in [1.807, 2.05) is 12.1 Å². The fraction of sp³-hybridized carbons (Fsp3) is 0.381. The standard InChI is InChI=1S/C21H27NO4/c1-15(2)16-7-10-18(11-8-16)26-13-5-6-21(23)22-17-9-12-19(24-3)20(14-17)25-4/h7-12,14-15H,5-6,13H2,1-4H3,(H,22,23). The maximum Gasteiger partial charge on any atom is 0.224 e. The minimum absolute atomic E-state index is 0.0593. The molecular weight excluding hydrogens is 330 g/mol. The summed E-state index contributed by atoms with van der Waals surface area (Å²) in [6, 6.07) is 13.4. The number of benzene rings is 2. The van der Waals surface area contributed by atoms with E-state index >= 15 is 0 Å². The number of carbonyl (C=O) groups excluding carboxylic acids is 1. The van der Waals surface area contributed by atoms with Crippen LogP contribution in [0.5, 0.6) is 17.2 Å². The molecule has 0 saturated carbocycles. The Labute approximate surface area is 155 Å². The van der Waals surface area contributed by atoms with E-state index in [1.54, 1.807) is 32.4 Å². The van der Waals surface area contributed by atoms with Crippen molar-refractivity contribution in [3.63, 3.8) is 0 Å². The van der Waals surface area contributed by atoms with Crippen molar-refractivity contribution in [1.29, 1.82) is 0 Å². The Morgan fingerprint density at radius 2 is 1.69 bits per heavy atom. The topological polar surface area (TPSA) is 56.8 Å². The van der Waals surface area contributed by atoms with Crippen molar-refractivity contribution >= 4 is 11.6 Å². The second-order valence-corrected chi connectivity index (χ2v) is 6.29. The van der Waals surface area contributed by atoms with Gasteiger partial charge in [-0.25, -0.2) is 0 Å². The molecule has 2 aromatic rings. The lowest BCUT2D eigenvalue weighted by molar-refractivity contribution is -0.116. The number of methoxy groups -OCH3 is 2. The number of hydrogen-bond donors (Lipinski definition) is 1. The maximum atomic E-state index is 12.1. The summed E-state index contributed by atoms with van der Waals surface area (Å²) in [5, 5.41) is 2.86. The van der Waals surface area contributed by atoms with Gasteiger partial charge >= 0.3 is 0 Å². The van der Waals surface area contributed by atoms with Crippen molar-refractivity contribution < 1.29 is 19.0 Å². The van der Waals surface area contributed by atoms with Gasteiger partial charge in [-0.2, -0.15) is 0 Å². The van der Waals surface area contributed by atoms with Crippen LogP contribution in [0.4, 0.5) is 5.69 Å². The lowest BCUT2D eigenvalue weighted by Crippen LogP contribution is -2.13. The van der Waals surface area contributed by atoms with Gasteiger partial charge in [0.2, 0.25) is 5.91 Å². The van der Waals surface area contributed by atoms with Crippen LogP contribution in [0.1, 0.15) is 38.2 Å². The Morgan fingerprint density at radius 3 is 2.31 bits per heavy atom. The summed E-state index contributed by atoms with van der Waals surface area (Å²) in [4.78, 5) is 12.1. The predicted octanol–water partition coefficient (Wildman–Crippen LogP) is 4.62. The molecule has 0 saturated heterocycles. The van der Waals surface area contributed by atoms with Gasteiger partial charge in [-0.15, -0.1) is 0 Å². The molecule has 0 unspecified atom stereocenters. The quantitative estimate of drug-likeness (QED) is 0.665. The average molecular weight is 357 g/mol. The van der Waals surface area contributed by atoms with E-state index in [-0.39, 0.29) is 5.91 Å². The Bertz CT molecular complexity index is 710. The highest BCUT2D eigenvalue weighted by atomic mass is 16.5. The van der Waals surface area contributed by atoms with Crippen LogP contribution in [-0.4, -0.2) is 26.7 Å². The Balaban J connectivity index is 1.75. The molecule has 0 bridgehead atoms. The Hall–Kier alpha value is -2.69. The third-order valence-corrected chi connectivity index (χ3v) is 4.03. The highest BCUT2D eigenvalue weighted by Crippen LogP contribution is 2.29. The van der Waals surface area contributed by atoms with Crippen LogP contribution in [0.25, 0.3) is 0 Å². The third kappa shape index (κ3) is 5.69. The summed E-state index contributed by atoms with van der Waals surface area (Å²) >= 11 is 0. The Morgan fingerprint density at radius 1 is 1.00 bits per heavy atom. The second-order valence-electron chi connectivity index (χ2n) is 6.29. The van der Waals surface area contributed by atoms with Crippen LogP contribution < -0.4 is 19.5 Å². The smallest absolute Gasteiger partial charge is 0.224 e. The van der Waals surface area contributed by atoms with Gasteiger partial charge in [-0.1, -0.05) is 26.0 Å². The van der Waals surface area contributed by atoms with Gasteiger partial charge in [0.25, 0.3) is 0 Å². The number of carbonyl (C=O) groups is 1. The number of amides is 1. The minimum atomic E-state index is -0.0593. The lowest BCUT2D eigenvalue weighted by atomic mass is 10.0. The summed E-state index contributed by atoms with van der Waals surface area (Å²) in [6.45, 7) is 4.82. The van der Waals surface area contributed by atoms with Crippen LogP contribution in [0.3, 0.4) is 0 Å². The summed E-state index contributed by atoms with van der Waals surface area (Å²) in [7, 11) is 3.14. The number of ether oxygens (including phenoxy) is 3. The van der Waals surface area contributed by atoms with Crippen molar-refractivity contribution in [1.82, 2.24) is 0 Å². The summed E-state index contributed by atoms with van der Waals surface area (Å²) in [6.07, 6.45) is 1.03. The van der Waals surface area contributed by atoms with Crippen molar-refractivity contribution in [3.8, 4) is 17.2 Å². The van der Waals surface area contributed by atoms with Crippen LogP contribution >= 0.6 is 0 Å². The predicted molar refractivity (Wildman–Crippen MR) is 103 cm³/mol. The normalized spacial score (nSPS) is 10.5. The zero-order valence-corrected chi connectivity index (χ0v) is 15.9. The van der Waals surface area contributed by atoms with E-state index in [0.717, 1.165) is 5.75 Å².